The summed E-state index contributed by atoms with van der Waals surface area (Å²) >= 11 is 1.61. The lowest BCUT2D eigenvalue weighted by atomic mass is 10.4. The van der Waals surface area contributed by atoms with Crippen molar-refractivity contribution in [3.8, 4) is 0 Å². The molecule has 0 aliphatic rings. The van der Waals surface area contributed by atoms with Crippen LogP contribution in [0.5, 0.6) is 0 Å². The lowest BCUT2D eigenvalue weighted by Crippen LogP contribution is -2.05. The first-order valence-corrected chi connectivity index (χ1v) is 6.98. The second-order valence-corrected chi connectivity index (χ2v) is 5.16. The lowest BCUT2D eigenvalue weighted by Gasteiger charge is -2.08. The van der Waals surface area contributed by atoms with Crippen LogP contribution >= 0.6 is 11.8 Å². The van der Waals surface area contributed by atoms with Crippen molar-refractivity contribution in [2.45, 2.75) is 50.7 Å². The standard InChI is InChI=1S/C10H17N7S/c1-4-5-17-9(12-14-15-17)6-18-10-13-11-7-16(10)8(2)3/h7-8H,4-6H2,1-3H3. The van der Waals surface area contributed by atoms with Crippen molar-refractivity contribution >= 4 is 11.8 Å². The van der Waals surface area contributed by atoms with Gasteiger partial charge in [-0.3, -0.25) is 0 Å². The van der Waals surface area contributed by atoms with Crippen LogP contribution < -0.4 is 0 Å². The molecule has 0 fully saturated rings. The van der Waals surface area contributed by atoms with E-state index in [1.165, 1.54) is 0 Å². The molecule has 2 rings (SSSR count). The third-order valence-corrected chi connectivity index (χ3v) is 3.42. The van der Waals surface area contributed by atoms with Gasteiger partial charge < -0.3 is 4.57 Å². The monoisotopic (exact) mass is 267 g/mol. The summed E-state index contributed by atoms with van der Waals surface area (Å²) in [5, 5.41) is 20.6. The first-order chi connectivity index (χ1) is 8.72. The minimum absolute atomic E-state index is 0.356. The van der Waals surface area contributed by atoms with Gasteiger partial charge in [0.1, 0.15) is 6.33 Å². The number of hydrogen-bond donors (Lipinski definition) is 0. The van der Waals surface area contributed by atoms with Crippen LogP contribution in [-0.2, 0) is 12.3 Å². The molecule has 0 aliphatic carbocycles. The van der Waals surface area contributed by atoms with Crippen LogP contribution in [0.3, 0.4) is 0 Å². The number of aryl methyl sites for hydroxylation is 1. The summed E-state index contributed by atoms with van der Waals surface area (Å²) in [4.78, 5) is 0. The first-order valence-electron chi connectivity index (χ1n) is 5.99. The van der Waals surface area contributed by atoms with Crippen molar-refractivity contribution in [1.82, 2.24) is 35.0 Å². The summed E-state index contributed by atoms with van der Waals surface area (Å²) in [7, 11) is 0. The molecule has 0 amide bonds. The van der Waals surface area contributed by atoms with Crippen molar-refractivity contribution < 1.29 is 0 Å². The number of thioether (sulfide) groups is 1. The zero-order valence-corrected chi connectivity index (χ0v) is 11.6. The van der Waals surface area contributed by atoms with Gasteiger partial charge in [-0.25, -0.2) is 4.68 Å². The average molecular weight is 267 g/mol. The maximum Gasteiger partial charge on any atom is 0.191 e. The van der Waals surface area contributed by atoms with Crippen molar-refractivity contribution in [2.24, 2.45) is 0 Å². The zero-order chi connectivity index (χ0) is 13.0. The number of rotatable bonds is 6. The molecule has 2 heterocycles. The Hall–Kier alpha value is -1.44. The predicted molar refractivity (Wildman–Crippen MR) is 68.1 cm³/mol. The minimum atomic E-state index is 0.356. The molecule has 0 saturated carbocycles. The van der Waals surface area contributed by atoms with Crippen LogP contribution in [0.25, 0.3) is 0 Å². The second-order valence-electron chi connectivity index (χ2n) is 4.22. The van der Waals surface area contributed by atoms with E-state index >= 15 is 0 Å². The molecule has 2 aromatic heterocycles. The fraction of sp³-hybridized carbons (Fsp3) is 0.700. The molecule has 0 bridgehead atoms. The van der Waals surface area contributed by atoms with Crippen LogP contribution in [0.4, 0.5) is 0 Å². The third-order valence-electron chi connectivity index (χ3n) is 2.47. The highest BCUT2D eigenvalue weighted by molar-refractivity contribution is 7.98. The van der Waals surface area contributed by atoms with Gasteiger partial charge in [0.25, 0.3) is 0 Å². The van der Waals surface area contributed by atoms with Crippen LogP contribution in [-0.4, -0.2) is 35.0 Å². The van der Waals surface area contributed by atoms with Gasteiger partial charge in [0.05, 0.1) is 5.75 Å². The zero-order valence-electron chi connectivity index (χ0n) is 10.8. The number of tetrazole rings is 1. The smallest absolute Gasteiger partial charge is 0.191 e. The Labute approximate surface area is 110 Å². The Morgan fingerprint density at radius 1 is 1.33 bits per heavy atom. The Morgan fingerprint density at radius 2 is 2.17 bits per heavy atom. The Morgan fingerprint density at radius 3 is 2.89 bits per heavy atom. The highest BCUT2D eigenvalue weighted by Gasteiger charge is 2.11. The highest BCUT2D eigenvalue weighted by atomic mass is 32.2. The molecule has 0 aromatic carbocycles. The van der Waals surface area contributed by atoms with E-state index < -0.39 is 0 Å². The van der Waals surface area contributed by atoms with Gasteiger partial charge in [-0.1, -0.05) is 18.7 Å². The summed E-state index contributed by atoms with van der Waals surface area (Å²) in [5.74, 6) is 1.58. The number of nitrogens with zero attached hydrogens (tertiary/aromatic N) is 7. The molecular weight excluding hydrogens is 250 g/mol. The van der Waals surface area contributed by atoms with Crippen molar-refractivity contribution in [3.63, 3.8) is 0 Å². The van der Waals surface area contributed by atoms with E-state index in [4.69, 9.17) is 0 Å². The molecular formula is C10H17N7S. The van der Waals surface area contributed by atoms with Crippen LogP contribution in [0.1, 0.15) is 39.1 Å². The molecule has 0 spiro atoms. The molecule has 0 unspecified atom stereocenters. The maximum atomic E-state index is 4.11. The number of aromatic nitrogens is 7. The first kappa shape index (κ1) is 13.0. The molecule has 0 aliphatic heterocycles. The van der Waals surface area contributed by atoms with E-state index in [1.54, 1.807) is 18.1 Å². The Balaban J connectivity index is 2.02. The molecule has 8 heteroatoms. The fourth-order valence-corrected chi connectivity index (χ4v) is 2.51. The number of hydrogen-bond acceptors (Lipinski definition) is 6. The van der Waals surface area contributed by atoms with Crippen molar-refractivity contribution in [3.05, 3.63) is 12.2 Å². The highest BCUT2D eigenvalue weighted by Crippen LogP contribution is 2.21. The molecule has 0 atom stereocenters. The summed E-state index contributed by atoms with van der Waals surface area (Å²) in [6.07, 6.45) is 2.77. The Kier molecular flexibility index (Phi) is 4.29. The maximum absolute atomic E-state index is 4.11. The van der Waals surface area contributed by atoms with Crippen molar-refractivity contribution in [1.29, 1.82) is 0 Å². The molecule has 7 nitrogen and oxygen atoms in total. The van der Waals surface area contributed by atoms with Crippen LogP contribution in [0.2, 0.25) is 0 Å². The lowest BCUT2D eigenvalue weighted by molar-refractivity contribution is 0.548. The van der Waals surface area contributed by atoms with E-state index in [0.717, 1.165) is 23.9 Å². The molecule has 18 heavy (non-hydrogen) atoms. The predicted octanol–water partition coefficient (Wildman–Crippen LogP) is 1.55. The second kappa shape index (κ2) is 5.94. The summed E-state index contributed by atoms with van der Waals surface area (Å²) in [5.41, 5.74) is 0. The molecule has 98 valence electrons. The molecule has 0 N–H and O–H groups in total. The quantitative estimate of drug-likeness (QED) is 0.739. The normalized spacial score (nSPS) is 11.3. The third kappa shape index (κ3) is 2.87. The fourth-order valence-electron chi connectivity index (χ4n) is 1.53. The molecule has 2 aromatic rings. The topological polar surface area (TPSA) is 74.3 Å². The van der Waals surface area contributed by atoms with E-state index in [-0.39, 0.29) is 0 Å². The van der Waals surface area contributed by atoms with Crippen molar-refractivity contribution in [2.75, 3.05) is 0 Å². The average Bonchev–Trinajstić information content (AvgIpc) is 2.95. The van der Waals surface area contributed by atoms with Gasteiger partial charge in [0, 0.05) is 12.6 Å². The van der Waals surface area contributed by atoms with Gasteiger partial charge in [0.15, 0.2) is 11.0 Å². The Bertz CT molecular complexity index is 490. The van der Waals surface area contributed by atoms with Crippen LogP contribution in [0.15, 0.2) is 11.5 Å². The molecule has 0 saturated heterocycles. The van der Waals surface area contributed by atoms with Gasteiger partial charge >= 0.3 is 0 Å². The molecule has 0 radical (unpaired) electrons. The van der Waals surface area contributed by atoms with Crippen LogP contribution in [0, 0.1) is 0 Å². The van der Waals surface area contributed by atoms with E-state index in [9.17, 15) is 0 Å². The minimum Gasteiger partial charge on any atom is -0.306 e. The summed E-state index contributed by atoms with van der Waals surface area (Å²) in [6.45, 7) is 7.16. The van der Waals surface area contributed by atoms with E-state index in [1.807, 2.05) is 9.25 Å². The largest absolute Gasteiger partial charge is 0.306 e. The summed E-state index contributed by atoms with van der Waals surface area (Å²) < 4.78 is 3.88. The van der Waals surface area contributed by atoms with Gasteiger partial charge in [-0.2, -0.15) is 0 Å². The summed E-state index contributed by atoms with van der Waals surface area (Å²) in [6, 6.07) is 0.356. The van der Waals surface area contributed by atoms with Gasteiger partial charge in [-0.05, 0) is 30.7 Å². The van der Waals surface area contributed by atoms with Gasteiger partial charge in [0.2, 0.25) is 0 Å². The van der Waals surface area contributed by atoms with E-state index in [0.29, 0.717) is 11.8 Å². The SMILES string of the molecule is CCCn1nnnc1CSc1nncn1C(C)C. The van der Waals surface area contributed by atoms with Gasteiger partial charge in [-0.15, -0.1) is 15.3 Å². The van der Waals surface area contributed by atoms with E-state index in [2.05, 4.69) is 46.5 Å².